The standard InChI is InChI=1S/C20H35N5O4S.HI/c1-21-20(22-9-6-14-29-16-15-28-3)23-17-18-7-4-5-8-19(18)30(26,27)25-12-10-24(2)11-13-25;/h4-5,7-8H,6,9-17H2,1-3H3,(H2,21,22,23);1H. The van der Waals surface area contributed by atoms with Crippen LogP contribution in [-0.4, -0.2) is 97.3 Å². The lowest BCUT2D eigenvalue weighted by Crippen LogP contribution is -2.47. The quantitative estimate of drug-likeness (QED) is 0.178. The van der Waals surface area contributed by atoms with Gasteiger partial charge in [0.1, 0.15) is 0 Å². The van der Waals surface area contributed by atoms with Crippen LogP contribution in [0.4, 0.5) is 0 Å². The van der Waals surface area contributed by atoms with E-state index in [1.807, 2.05) is 19.2 Å². The molecule has 0 unspecified atom stereocenters. The first-order chi connectivity index (χ1) is 14.5. The number of halogens is 1. The molecule has 0 radical (unpaired) electrons. The number of sulfonamides is 1. The van der Waals surface area contributed by atoms with Crippen molar-refractivity contribution in [1.82, 2.24) is 19.8 Å². The van der Waals surface area contributed by atoms with E-state index in [1.54, 1.807) is 30.6 Å². The van der Waals surface area contributed by atoms with Crippen molar-refractivity contribution in [3.63, 3.8) is 0 Å². The molecular formula is C20H36IN5O4S. The predicted molar refractivity (Wildman–Crippen MR) is 134 cm³/mol. The summed E-state index contributed by atoms with van der Waals surface area (Å²) in [6.07, 6.45) is 0.832. The number of benzene rings is 1. The van der Waals surface area contributed by atoms with Crippen molar-refractivity contribution in [2.24, 2.45) is 4.99 Å². The molecule has 0 amide bonds. The van der Waals surface area contributed by atoms with Gasteiger partial charge in [-0.25, -0.2) is 8.42 Å². The van der Waals surface area contributed by atoms with Crippen molar-refractivity contribution in [3.8, 4) is 0 Å². The third-order valence-corrected chi connectivity index (χ3v) is 6.91. The van der Waals surface area contributed by atoms with Gasteiger partial charge in [-0.05, 0) is 25.1 Å². The van der Waals surface area contributed by atoms with Gasteiger partial charge >= 0.3 is 0 Å². The number of piperazine rings is 1. The summed E-state index contributed by atoms with van der Waals surface area (Å²) in [6.45, 7) is 5.39. The van der Waals surface area contributed by atoms with Crippen molar-refractivity contribution in [2.75, 3.05) is 73.7 Å². The third kappa shape index (κ3) is 9.18. The molecule has 1 saturated heterocycles. The average molecular weight is 570 g/mol. The van der Waals surface area contributed by atoms with Gasteiger partial charge in [0.05, 0.1) is 18.1 Å². The Bertz CT molecular complexity index is 771. The Balaban J connectivity index is 0.00000480. The molecule has 9 nitrogen and oxygen atoms in total. The second-order valence-electron chi connectivity index (χ2n) is 7.13. The van der Waals surface area contributed by atoms with E-state index in [0.717, 1.165) is 25.1 Å². The second-order valence-corrected chi connectivity index (χ2v) is 9.03. The topological polar surface area (TPSA) is 95.5 Å². The Labute approximate surface area is 203 Å². The van der Waals surface area contributed by atoms with E-state index in [0.29, 0.717) is 56.9 Å². The number of hydrogen-bond acceptors (Lipinski definition) is 6. The number of nitrogens with one attached hydrogen (secondary N) is 2. The largest absolute Gasteiger partial charge is 0.382 e. The van der Waals surface area contributed by atoms with E-state index in [2.05, 4.69) is 20.5 Å². The van der Waals surface area contributed by atoms with Crippen molar-refractivity contribution < 1.29 is 17.9 Å². The first-order valence-corrected chi connectivity index (χ1v) is 11.7. The number of aliphatic imine (C=N–C) groups is 1. The Morgan fingerprint density at radius 3 is 2.48 bits per heavy atom. The van der Waals surface area contributed by atoms with E-state index in [-0.39, 0.29) is 24.0 Å². The molecule has 1 aromatic carbocycles. The number of hydrogen-bond donors (Lipinski definition) is 2. The van der Waals surface area contributed by atoms with Crippen molar-refractivity contribution in [2.45, 2.75) is 17.9 Å². The highest BCUT2D eigenvalue weighted by Crippen LogP contribution is 2.21. The maximum atomic E-state index is 13.2. The fourth-order valence-corrected chi connectivity index (χ4v) is 4.74. The summed E-state index contributed by atoms with van der Waals surface area (Å²) in [4.78, 5) is 6.70. The van der Waals surface area contributed by atoms with Crippen LogP contribution >= 0.6 is 24.0 Å². The van der Waals surface area contributed by atoms with Crippen LogP contribution in [0.2, 0.25) is 0 Å². The Kier molecular flexibility index (Phi) is 13.5. The lowest BCUT2D eigenvalue weighted by Gasteiger charge is -2.32. The molecule has 0 spiro atoms. The zero-order valence-corrected chi connectivity index (χ0v) is 21.8. The molecule has 0 aliphatic carbocycles. The summed E-state index contributed by atoms with van der Waals surface area (Å²) < 4.78 is 38.3. The molecule has 1 aliphatic rings. The zero-order chi connectivity index (χ0) is 21.8. The number of rotatable bonds is 11. The fourth-order valence-electron chi connectivity index (χ4n) is 3.09. The second kappa shape index (κ2) is 15.0. The molecule has 2 N–H and O–H groups in total. The third-order valence-electron chi connectivity index (χ3n) is 4.91. The molecule has 2 rings (SSSR count). The molecule has 1 heterocycles. The summed E-state index contributed by atoms with van der Waals surface area (Å²) >= 11 is 0. The smallest absolute Gasteiger partial charge is 0.243 e. The van der Waals surface area contributed by atoms with E-state index >= 15 is 0 Å². The minimum absolute atomic E-state index is 0. The highest BCUT2D eigenvalue weighted by atomic mass is 127. The first kappa shape index (κ1) is 28.0. The molecule has 31 heavy (non-hydrogen) atoms. The monoisotopic (exact) mass is 569 g/mol. The summed E-state index contributed by atoms with van der Waals surface area (Å²) in [5.41, 5.74) is 0.724. The molecular weight excluding hydrogens is 533 g/mol. The Hall–Kier alpha value is -0.990. The van der Waals surface area contributed by atoms with Crippen LogP contribution < -0.4 is 10.6 Å². The van der Waals surface area contributed by atoms with Gasteiger partial charge in [0.2, 0.25) is 10.0 Å². The molecule has 178 valence electrons. The number of guanidine groups is 1. The van der Waals surface area contributed by atoms with Gasteiger partial charge in [0.25, 0.3) is 0 Å². The summed E-state index contributed by atoms with van der Waals surface area (Å²) in [5.74, 6) is 0.624. The van der Waals surface area contributed by atoms with E-state index in [9.17, 15) is 8.42 Å². The maximum absolute atomic E-state index is 13.2. The van der Waals surface area contributed by atoms with Gasteiger partial charge in [0.15, 0.2) is 5.96 Å². The van der Waals surface area contributed by atoms with Crippen molar-refractivity contribution >= 4 is 40.0 Å². The highest BCUT2D eigenvalue weighted by Gasteiger charge is 2.29. The average Bonchev–Trinajstić information content (AvgIpc) is 2.75. The van der Waals surface area contributed by atoms with E-state index < -0.39 is 10.0 Å². The van der Waals surface area contributed by atoms with Crippen LogP contribution in [0.15, 0.2) is 34.2 Å². The van der Waals surface area contributed by atoms with Gasteiger partial charge in [-0.3, -0.25) is 4.99 Å². The minimum Gasteiger partial charge on any atom is -0.382 e. The number of likely N-dealkylation sites (N-methyl/N-ethyl adjacent to an activating group) is 1. The van der Waals surface area contributed by atoms with Gasteiger partial charge in [-0.1, -0.05) is 18.2 Å². The number of ether oxygens (including phenoxy) is 2. The predicted octanol–water partition coefficient (Wildman–Crippen LogP) is 0.959. The van der Waals surface area contributed by atoms with E-state index in [1.165, 1.54) is 0 Å². The minimum atomic E-state index is -3.52. The van der Waals surface area contributed by atoms with Crippen molar-refractivity contribution in [3.05, 3.63) is 29.8 Å². The van der Waals surface area contributed by atoms with Gasteiger partial charge in [-0.2, -0.15) is 4.31 Å². The van der Waals surface area contributed by atoms with Gasteiger partial charge in [-0.15, -0.1) is 24.0 Å². The normalized spacial score (nSPS) is 16.0. The first-order valence-electron chi connectivity index (χ1n) is 10.3. The molecule has 1 fully saturated rings. The van der Waals surface area contributed by atoms with Gasteiger partial charge in [0, 0.05) is 60.0 Å². The zero-order valence-electron chi connectivity index (χ0n) is 18.7. The van der Waals surface area contributed by atoms with Crippen LogP contribution in [-0.2, 0) is 26.0 Å². The van der Waals surface area contributed by atoms with Crippen LogP contribution in [0, 0.1) is 0 Å². The van der Waals surface area contributed by atoms with Gasteiger partial charge < -0.3 is 25.0 Å². The van der Waals surface area contributed by atoms with Crippen LogP contribution in [0.5, 0.6) is 0 Å². The Morgan fingerprint density at radius 2 is 1.81 bits per heavy atom. The number of nitrogens with zero attached hydrogens (tertiary/aromatic N) is 3. The summed E-state index contributed by atoms with van der Waals surface area (Å²) in [7, 11) is 1.82. The van der Waals surface area contributed by atoms with Crippen LogP contribution in [0.1, 0.15) is 12.0 Å². The van der Waals surface area contributed by atoms with Crippen molar-refractivity contribution in [1.29, 1.82) is 0 Å². The molecule has 1 aliphatic heterocycles. The lowest BCUT2D eigenvalue weighted by atomic mass is 10.2. The molecule has 1 aromatic rings. The Morgan fingerprint density at radius 1 is 1.10 bits per heavy atom. The highest BCUT2D eigenvalue weighted by molar-refractivity contribution is 14.0. The maximum Gasteiger partial charge on any atom is 0.243 e. The molecule has 0 aromatic heterocycles. The summed E-state index contributed by atoms with van der Waals surface area (Å²) in [5, 5.41) is 6.43. The lowest BCUT2D eigenvalue weighted by molar-refractivity contribution is 0.0698. The molecule has 0 atom stereocenters. The molecule has 11 heteroatoms. The number of methoxy groups -OCH3 is 1. The van der Waals surface area contributed by atoms with Crippen LogP contribution in [0.3, 0.4) is 0 Å². The SMILES string of the molecule is CN=C(NCCCOCCOC)NCc1ccccc1S(=O)(=O)N1CCN(C)CC1.I. The fraction of sp³-hybridized carbons (Fsp3) is 0.650. The molecule has 0 bridgehead atoms. The van der Waals surface area contributed by atoms with Crippen LogP contribution in [0.25, 0.3) is 0 Å². The molecule has 0 saturated carbocycles. The van der Waals surface area contributed by atoms with E-state index in [4.69, 9.17) is 9.47 Å². The summed E-state index contributed by atoms with van der Waals surface area (Å²) in [6, 6.07) is 7.14.